The second kappa shape index (κ2) is 8.81. The van der Waals surface area contributed by atoms with Crippen LogP contribution in [0, 0.1) is 0 Å². The molecule has 0 radical (unpaired) electrons. The summed E-state index contributed by atoms with van der Waals surface area (Å²) in [6, 6.07) is 11.5. The van der Waals surface area contributed by atoms with Crippen LogP contribution in [0.4, 0.5) is 0 Å². The van der Waals surface area contributed by atoms with Gasteiger partial charge in [-0.1, -0.05) is 18.2 Å². The number of methoxy groups -OCH3 is 1. The maximum Gasteiger partial charge on any atom is 0.259 e. The molecule has 0 saturated carbocycles. The van der Waals surface area contributed by atoms with E-state index in [0.717, 1.165) is 27.1 Å². The third-order valence-electron chi connectivity index (χ3n) is 5.26. The quantitative estimate of drug-likeness (QED) is 0.655. The van der Waals surface area contributed by atoms with Crippen molar-refractivity contribution in [2.24, 2.45) is 5.73 Å². The van der Waals surface area contributed by atoms with Gasteiger partial charge in [0, 0.05) is 30.1 Å². The van der Waals surface area contributed by atoms with E-state index in [9.17, 15) is 9.59 Å². The van der Waals surface area contributed by atoms with Crippen LogP contribution in [0.3, 0.4) is 0 Å². The summed E-state index contributed by atoms with van der Waals surface area (Å²) in [5, 5.41) is 0.855. The number of primary amides is 1. The molecule has 0 spiro atoms. The van der Waals surface area contributed by atoms with Gasteiger partial charge >= 0.3 is 0 Å². The van der Waals surface area contributed by atoms with Gasteiger partial charge in [0.25, 0.3) is 5.91 Å². The Kier molecular flexibility index (Phi) is 5.96. The smallest absolute Gasteiger partial charge is 0.259 e. The number of pyridine rings is 1. The molecular weight excluding hydrogens is 402 g/mol. The number of morpholine rings is 1. The van der Waals surface area contributed by atoms with Crippen molar-refractivity contribution in [2.45, 2.75) is 18.9 Å². The Morgan fingerprint density at radius 3 is 2.83 bits per heavy atom. The predicted octanol–water partition coefficient (Wildman–Crippen LogP) is 2.94. The van der Waals surface area contributed by atoms with Gasteiger partial charge in [-0.3, -0.25) is 9.59 Å². The van der Waals surface area contributed by atoms with Crippen LogP contribution < -0.4 is 10.5 Å². The molecule has 1 aromatic carbocycles. The van der Waals surface area contributed by atoms with Gasteiger partial charge in [-0.05, 0) is 30.2 Å². The van der Waals surface area contributed by atoms with Gasteiger partial charge in [0.1, 0.15) is 21.6 Å². The van der Waals surface area contributed by atoms with E-state index in [-0.39, 0.29) is 5.91 Å². The standard InChI is InChI=1S/C22H23N3O4S/c1-28-15-7-4-14(5-8-15)6-9-18(26)25-11-12-29-17(13-25)19-16-3-2-10-24-22(16)30-20(19)21(23)27/h2-5,7-8,10,17H,6,9,11-13H2,1H3,(H2,23,27)/t17-/m0/s1. The normalized spacial score (nSPS) is 16.6. The highest BCUT2D eigenvalue weighted by Gasteiger charge is 2.31. The zero-order valence-electron chi connectivity index (χ0n) is 16.7. The van der Waals surface area contributed by atoms with Crippen molar-refractivity contribution >= 4 is 33.4 Å². The fourth-order valence-corrected chi connectivity index (χ4v) is 4.75. The average molecular weight is 426 g/mol. The third kappa shape index (κ3) is 4.15. The Morgan fingerprint density at radius 2 is 2.10 bits per heavy atom. The first-order chi connectivity index (χ1) is 14.6. The number of fused-ring (bicyclic) bond motifs is 1. The van der Waals surface area contributed by atoms with E-state index in [1.807, 2.05) is 41.3 Å². The number of nitrogens with two attached hydrogens (primary N) is 1. The van der Waals surface area contributed by atoms with Gasteiger partial charge in [-0.15, -0.1) is 11.3 Å². The molecule has 2 amide bonds. The number of amides is 2. The summed E-state index contributed by atoms with van der Waals surface area (Å²) in [6.07, 6.45) is 2.35. The van der Waals surface area contributed by atoms with Crippen LogP contribution in [0.25, 0.3) is 10.2 Å². The van der Waals surface area contributed by atoms with Crippen molar-refractivity contribution in [3.8, 4) is 5.75 Å². The minimum Gasteiger partial charge on any atom is -0.497 e. The summed E-state index contributed by atoms with van der Waals surface area (Å²) in [7, 11) is 1.63. The third-order valence-corrected chi connectivity index (χ3v) is 6.40. The van der Waals surface area contributed by atoms with E-state index in [0.29, 0.717) is 37.4 Å². The number of ether oxygens (including phenoxy) is 2. The molecule has 1 saturated heterocycles. The number of carbonyl (C=O) groups is 2. The summed E-state index contributed by atoms with van der Waals surface area (Å²) in [6.45, 7) is 1.33. The molecule has 2 aromatic heterocycles. The topological polar surface area (TPSA) is 94.7 Å². The van der Waals surface area contributed by atoms with Gasteiger partial charge in [-0.25, -0.2) is 4.98 Å². The molecule has 7 nitrogen and oxygen atoms in total. The maximum absolute atomic E-state index is 12.8. The van der Waals surface area contributed by atoms with Crippen molar-refractivity contribution in [2.75, 3.05) is 26.8 Å². The number of rotatable bonds is 6. The lowest BCUT2D eigenvalue weighted by Gasteiger charge is -2.33. The monoisotopic (exact) mass is 425 g/mol. The van der Waals surface area contributed by atoms with E-state index in [1.54, 1.807) is 13.3 Å². The average Bonchev–Trinajstić information content (AvgIpc) is 3.18. The molecule has 1 aliphatic heterocycles. The fourth-order valence-electron chi connectivity index (χ4n) is 3.71. The van der Waals surface area contributed by atoms with Crippen LogP contribution in [-0.4, -0.2) is 48.5 Å². The van der Waals surface area contributed by atoms with Gasteiger partial charge in [-0.2, -0.15) is 0 Å². The Morgan fingerprint density at radius 1 is 1.30 bits per heavy atom. The molecule has 0 bridgehead atoms. The Hall–Kier alpha value is -2.97. The summed E-state index contributed by atoms with van der Waals surface area (Å²) >= 11 is 1.27. The molecule has 3 heterocycles. The fraction of sp³-hybridized carbons (Fsp3) is 0.318. The second-order valence-corrected chi connectivity index (χ2v) is 8.11. The van der Waals surface area contributed by atoms with Gasteiger partial charge in [0.05, 0.1) is 20.3 Å². The molecule has 0 unspecified atom stereocenters. The first-order valence-corrected chi connectivity index (χ1v) is 10.6. The molecule has 2 N–H and O–H groups in total. The highest BCUT2D eigenvalue weighted by molar-refractivity contribution is 7.20. The molecule has 156 valence electrons. The largest absolute Gasteiger partial charge is 0.497 e. The highest BCUT2D eigenvalue weighted by Crippen LogP contribution is 2.37. The van der Waals surface area contributed by atoms with Crippen LogP contribution in [0.1, 0.15) is 33.3 Å². The summed E-state index contributed by atoms with van der Waals surface area (Å²) in [4.78, 5) is 32.2. The number of benzene rings is 1. The summed E-state index contributed by atoms with van der Waals surface area (Å²) in [5.74, 6) is 0.362. The molecular formula is C22H23N3O4S. The van der Waals surface area contributed by atoms with E-state index >= 15 is 0 Å². The molecule has 8 heteroatoms. The van der Waals surface area contributed by atoms with Gasteiger partial charge in [0.15, 0.2) is 0 Å². The first kappa shape index (κ1) is 20.3. The Labute approximate surface area is 178 Å². The minimum absolute atomic E-state index is 0.0670. The molecule has 30 heavy (non-hydrogen) atoms. The number of nitrogens with zero attached hydrogens (tertiary/aromatic N) is 2. The number of aromatic nitrogens is 1. The lowest BCUT2D eigenvalue weighted by atomic mass is 10.0. The Balaban J connectivity index is 1.48. The van der Waals surface area contributed by atoms with Crippen LogP contribution in [0.5, 0.6) is 5.75 Å². The number of carbonyl (C=O) groups excluding carboxylic acids is 2. The van der Waals surface area contributed by atoms with E-state index in [4.69, 9.17) is 15.2 Å². The number of hydrogen-bond acceptors (Lipinski definition) is 6. The molecule has 1 aliphatic rings. The van der Waals surface area contributed by atoms with Crippen molar-refractivity contribution in [1.29, 1.82) is 0 Å². The predicted molar refractivity (Wildman–Crippen MR) is 115 cm³/mol. The number of thiophene rings is 1. The van der Waals surface area contributed by atoms with E-state index in [1.165, 1.54) is 11.3 Å². The Bertz CT molecular complexity index is 1060. The molecule has 1 atom stereocenters. The molecule has 3 aromatic rings. The van der Waals surface area contributed by atoms with E-state index in [2.05, 4.69) is 4.98 Å². The molecule has 0 aliphatic carbocycles. The lowest BCUT2D eigenvalue weighted by Crippen LogP contribution is -2.42. The van der Waals surface area contributed by atoms with E-state index < -0.39 is 12.0 Å². The van der Waals surface area contributed by atoms with Gasteiger partial charge < -0.3 is 20.1 Å². The number of hydrogen-bond donors (Lipinski definition) is 1. The van der Waals surface area contributed by atoms with Crippen LogP contribution in [0.2, 0.25) is 0 Å². The molecule has 4 rings (SSSR count). The SMILES string of the molecule is COc1ccc(CCC(=O)N2CCO[C@H](c3c(C(N)=O)sc4ncccc34)C2)cc1. The van der Waals surface area contributed by atoms with Crippen LogP contribution in [0.15, 0.2) is 42.6 Å². The van der Waals surface area contributed by atoms with Gasteiger partial charge in [0.2, 0.25) is 5.91 Å². The lowest BCUT2D eigenvalue weighted by molar-refractivity contribution is -0.138. The van der Waals surface area contributed by atoms with Crippen molar-refractivity contribution < 1.29 is 19.1 Å². The maximum atomic E-state index is 12.8. The second-order valence-electron chi connectivity index (χ2n) is 7.11. The zero-order valence-corrected chi connectivity index (χ0v) is 17.5. The summed E-state index contributed by atoms with van der Waals surface area (Å²) < 4.78 is 11.1. The zero-order chi connectivity index (χ0) is 21.1. The molecule has 1 fully saturated rings. The van der Waals surface area contributed by atoms with Crippen LogP contribution in [-0.2, 0) is 16.0 Å². The summed E-state index contributed by atoms with van der Waals surface area (Å²) in [5.41, 5.74) is 7.43. The van der Waals surface area contributed by atoms with Crippen molar-refractivity contribution in [3.05, 3.63) is 58.6 Å². The van der Waals surface area contributed by atoms with Crippen molar-refractivity contribution in [3.63, 3.8) is 0 Å². The first-order valence-electron chi connectivity index (χ1n) is 9.76. The highest BCUT2D eigenvalue weighted by atomic mass is 32.1. The van der Waals surface area contributed by atoms with Crippen LogP contribution >= 0.6 is 11.3 Å². The van der Waals surface area contributed by atoms with Crippen molar-refractivity contribution in [1.82, 2.24) is 9.88 Å². The minimum atomic E-state index is -0.500. The number of aryl methyl sites for hydroxylation is 1.